The van der Waals surface area contributed by atoms with Gasteiger partial charge in [0.25, 0.3) is 0 Å². The van der Waals surface area contributed by atoms with Crippen LogP contribution in [0.2, 0.25) is 0 Å². The van der Waals surface area contributed by atoms with E-state index in [9.17, 15) is 0 Å². The zero-order valence-corrected chi connectivity index (χ0v) is 11.6. The van der Waals surface area contributed by atoms with Crippen molar-refractivity contribution in [2.75, 3.05) is 0 Å². The van der Waals surface area contributed by atoms with Crippen molar-refractivity contribution in [2.45, 2.75) is 44.6 Å². The van der Waals surface area contributed by atoms with E-state index in [2.05, 4.69) is 36.2 Å². The monoisotopic (exact) mass is 254 g/mol. The second kappa shape index (κ2) is 4.93. The van der Waals surface area contributed by atoms with Crippen LogP contribution >= 0.6 is 0 Å². The Morgan fingerprint density at radius 1 is 1.32 bits per heavy atom. The molecule has 1 aromatic heterocycles. The van der Waals surface area contributed by atoms with Crippen LogP contribution in [0.25, 0.3) is 10.9 Å². The van der Waals surface area contributed by atoms with Gasteiger partial charge in [-0.3, -0.25) is 4.98 Å². The van der Waals surface area contributed by atoms with Gasteiger partial charge < -0.3 is 5.73 Å². The van der Waals surface area contributed by atoms with E-state index < -0.39 is 0 Å². The zero-order chi connectivity index (χ0) is 13.3. The molecule has 19 heavy (non-hydrogen) atoms. The van der Waals surface area contributed by atoms with Crippen molar-refractivity contribution in [3.8, 4) is 0 Å². The van der Waals surface area contributed by atoms with Crippen LogP contribution in [0.15, 0.2) is 36.5 Å². The smallest absolute Gasteiger partial charge is 0.0752 e. The molecule has 1 aromatic carbocycles. The van der Waals surface area contributed by atoms with Crippen LogP contribution in [0.3, 0.4) is 0 Å². The van der Waals surface area contributed by atoms with Gasteiger partial charge in [0.2, 0.25) is 0 Å². The highest BCUT2D eigenvalue weighted by molar-refractivity contribution is 5.82. The lowest BCUT2D eigenvalue weighted by atomic mass is 9.71. The van der Waals surface area contributed by atoms with Gasteiger partial charge in [0.1, 0.15) is 0 Å². The first-order valence-electron chi connectivity index (χ1n) is 7.36. The van der Waals surface area contributed by atoms with E-state index in [1.54, 1.807) is 0 Å². The molecule has 3 rings (SSSR count). The highest BCUT2D eigenvalue weighted by Crippen LogP contribution is 2.41. The standard InChI is InChI=1S/C17H22N2/c1-2-13-6-4-10-17(18,12-13)15-9-3-7-14-8-5-11-19-16(14)15/h3,5,7-9,11,13H,2,4,6,10,12,18H2,1H3. The molecule has 1 saturated carbocycles. The van der Waals surface area contributed by atoms with Crippen molar-refractivity contribution in [3.63, 3.8) is 0 Å². The molecular weight excluding hydrogens is 232 g/mol. The molecule has 0 amide bonds. The van der Waals surface area contributed by atoms with Crippen LogP contribution in [0, 0.1) is 5.92 Å². The average Bonchev–Trinajstić information content (AvgIpc) is 2.46. The highest BCUT2D eigenvalue weighted by Gasteiger charge is 2.34. The zero-order valence-electron chi connectivity index (χ0n) is 11.6. The molecule has 0 spiro atoms. The summed E-state index contributed by atoms with van der Waals surface area (Å²) < 4.78 is 0. The molecule has 2 unspecified atom stereocenters. The van der Waals surface area contributed by atoms with E-state index in [0.717, 1.165) is 24.3 Å². The molecule has 2 N–H and O–H groups in total. The van der Waals surface area contributed by atoms with Crippen LogP contribution in [-0.2, 0) is 5.54 Å². The number of nitrogens with two attached hydrogens (primary N) is 1. The normalized spacial score (nSPS) is 27.6. The number of aromatic nitrogens is 1. The lowest BCUT2D eigenvalue weighted by Gasteiger charge is -2.38. The fourth-order valence-electron chi connectivity index (χ4n) is 3.52. The first-order chi connectivity index (χ1) is 9.23. The number of fused-ring (bicyclic) bond motifs is 1. The Bertz CT molecular complexity index is 573. The van der Waals surface area contributed by atoms with Gasteiger partial charge in [0.05, 0.1) is 5.52 Å². The molecule has 2 nitrogen and oxygen atoms in total. The summed E-state index contributed by atoms with van der Waals surface area (Å²) in [5.41, 5.74) is 8.91. The number of hydrogen-bond acceptors (Lipinski definition) is 2. The van der Waals surface area contributed by atoms with Crippen LogP contribution in [0.4, 0.5) is 0 Å². The predicted molar refractivity (Wildman–Crippen MR) is 79.9 cm³/mol. The van der Waals surface area contributed by atoms with Gasteiger partial charge in [-0.2, -0.15) is 0 Å². The Balaban J connectivity index is 2.07. The number of benzene rings is 1. The van der Waals surface area contributed by atoms with Crippen LogP contribution in [-0.4, -0.2) is 4.98 Å². The van der Waals surface area contributed by atoms with E-state index in [1.165, 1.54) is 30.2 Å². The minimum atomic E-state index is -0.188. The fourth-order valence-corrected chi connectivity index (χ4v) is 3.52. The number of para-hydroxylation sites is 1. The van der Waals surface area contributed by atoms with Crippen LogP contribution in [0.1, 0.15) is 44.6 Å². The molecule has 1 fully saturated rings. The molecule has 1 aliphatic carbocycles. The van der Waals surface area contributed by atoms with Gasteiger partial charge in [-0.15, -0.1) is 0 Å². The van der Waals surface area contributed by atoms with Crippen LogP contribution < -0.4 is 5.73 Å². The summed E-state index contributed by atoms with van der Waals surface area (Å²) in [6.07, 6.45) is 7.84. The first-order valence-corrected chi connectivity index (χ1v) is 7.36. The number of nitrogens with zero attached hydrogens (tertiary/aromatic N) is 1. The van der Waals surface area contributed by atoms with Crippen LogP contribution in [0.5, 0.6) is 0 Å². The third-order valence-corrected chi connectivity index (χ3v) is 4.63. The number of hydrogen-bond donors (Lipinski definition) is 1. The molecule has 0 saturated heterocycles. The molecular formula is C17H22N2. The molecule has 2 heteroatoms. The maximum absolute atomic E-state index is 6.77. The van der Waals surface area contributed by atoms with E-state index in [-0.39, 0.29) is 5.54 Å². The van der Waals surface area contributed by atoms with Gasteiger partial charge in [-0.25, -0.2) is 0 Å². The highest BCUT2D eigenvalue weighted by atomic mass is 14.8. The summed E-state index contributed by atoms with van der Waals surface area (Å²) in [5, 5.41) is 1.20. The van der Waals surface area contributed by atoms with Crippen molar-refractivity contribution in [1.82, 2.24) is 4.98 Å². The average molecular weight is 254 g/mol. The Hall–Kier alpha value is -1.41. The molecule has 1 aliphatic rings. The summed E-state index contributed by atoms with van der Waals surface area (Å²) in [6, 6.07) is 10.5. The molecule has 2 atom stereocenters. The molecule has 1 heterocycles. The molecule has 0 bridgehead atoms. The summed E-state index contributed by atoms with van der Waals surface area (Å²) in [6.45, 7) is 2.28. The van der Waals surface area contributed by atoms with Crippen molar-refractivity contribution >= 4 is 10.9 Å². The molecule has 100 valence electrons. The second-order valence-electron chi connectivity index (χ2n) is 5.91. The molecule has 0 radical (unpaired) electrons. The second-order valence-corrected chi connectivity index (χ2v) is 5.91. The van der Waals surface area contributed by atoms with Gasteiger partial charge in [0.15, 0.2) is 0 Å². The van der Waals surface area contributed by atoms with Gasteiger partial charge in [-0.05, 0) is 30.4 Å². The largest absolute Gasteiger partial charge is 0.321 e. The van der Waals surface area contributed by atoms with Gasteiger partial charge in [0, 0.05) is 17.1 Å². The Labute approximate surface area is 115 Å². The fraction of sp³-hybridized carbons (Fsp3) is 0.471. The Kier molecular flexibility index (Phi) is 3.28. The quantitative estimate of drug-likeness (QED) is 0.880. The number of rotatable bonds is 2. The van der Waals surface area contributed by atoms with E-state index in [1.807, 2.05) is 12.3 Å². The SMILES string of the molecule is CCC1CCCC(N)(c2cccc3cccnc23)C1. The third kappa shape index (κ3) is 2.25. The lowest BCUT2D eigenvalue weighted by molar-refractivity contribution is 0.222. The third-order valence-electron chi connectivity index (χ3n) is 4.63. The Morgan fingerprint density at radius 3 is 3.00 bits per heavy atom. The summed E-state index contributed by atoms with van der Waals surface area (Å²) in [7, 11) is 0. The summed E-state index contributed by atoms with van der Waals surface area (Å²) >= 11 is 0. The van der Waals surface area contributed by atoms with E-state index in [4.69, 9.17) is 5.73 Å². The lowest BCUT2D eigenvalue weighted by Crippen LogP contribution is -2.41. The summed E-state index contributed by atoms with van der Waals surface area (Å²) in [5.74, 6) is 0.762. The van der Waals surface area contributed by atoms with Crippen molar-refractivity contribution in [2.24, 2.45) is 11.7 Å². The van der Waals surface area contributed by atoms with Gasteiger partial charge >= 0.3 is 0 Å². The first kappa shape index (κ1) is 12.6. The maximum atomic E-state index is 6.77. The van der Waals surface area contributed by atoms with E-state index >= 15 is 0 Å². The van der Waals surface area contributed by atoms with Crippen molar-refractivity contribution < 1.29 is 0 Å². The maximum Gasteiger partial charge on any atom is 0.0752 e. The van der Waals surface area contributed by atoms with E-state index in [0.29, 0.717) is 0 Å². The minimum absolute atomic E-state index is 0.188. The number of pyridine rings is 1. The predicted octanol–water partition coefficient (Wildman–Crippen LogP) is 3.99. The molecule has 2 aromatic rings. The topological polar surface area (TPSA) is 38.9 Å². The van der Waals surface area contributed by atoms with Crippen molar-refractivity contribution in [1.29, 1.82) is 0 Å². The minimum Gasteiger partial charge on any atom is -0.321 e. The Morgan fingerprint density at radius 2 is 2.16 bits per heavy atom. The molecule has 0 aliphatic heterocycles. The van der Waals surface area contributed by atoms with Crippen molar-refractivity contribution in [3.05, 3.63) is 42.1 Å². The summed E-state index contributed by atoms with van der Waals surface area (Å²) in [4.78, 5) is 4.57. The van der Waals surface area contributed by atoms with Gasteiger partial charge in [-0.1, -0.05) is 50.5 Å².